The number of nitrogens with one attached hydrogen (secondary N) is 2. The number of benzene rings is 2. The van der Waals surface area contributed by atoms with Crippen molar-refractivity contribution in [2.75, 3.05) is 5.32 Å². The number of fused-ring (bicyclic) bond motifs is 2. The SMILES string of the molecule is Cc1nc2ccc(NCc3csc4ccccc34)cc2[nH]1. The summed E-state index contributed by atoms with van der Waals surface area (Å²) >= 11 is 1.80. The Kier molecular flexibility index (Phi) is 2.89. The first-order valence-corrected chi connectivity index (χ1v) is 7.83. The third kappa shape index (κ3) is 2.28. The highest BCUT2D eigenvalue weighted by atomic mass is 32.1. The lowest BCUT2D eigenvalue weighted by Crippen LogP contribution is -1.98. The molecule has 2 aromatic carbocycles. The molecule has 0 amide bonds. The minimum atomic E-state index is 0.836. The van der Waals surface area contributed by atoms with Crippen molar-refractivity contribution >= 4 is 38.1 Å². The number of thiophene rings is 1. The van der Waals surface area contributed by atoms with Crippen LogP contribution in [0.25, 0.3) is 21.1 Å². The number of nitrogens with zero attached hydrogens (tertiary/aromatic N) is 1. The van der Waals surface area contributed by atoms with Gasteiger partial charge in [-0.15, -0.1) is 11.3 Å². The van der Waals surface area contributed by atoms with E-state index in [4.69, 9.17) is 0 Å². The molecule has 3 nitrogen and oxygen atoms in total. The summed E-state index contributed by atoms with van der Waals surface area (Å²) in [6, 6.07) is 14.8. The van der Waals surface area contributed by atoms with E-state index < -0.39 is 0 Å². The fraction of sp³-hybridized carbons (Fsp3) is 0.118. The number of anilines is 1. The topological polar surface area (TPSA) is 40.7 Å². The molecule has 21 heavy (non-hydrogen) atoms. The molecule has 0 saturated heterocycles. The van der Waals surface area contributed by atoms with E-state index in [9.17, 15) is 0 Å². The molecule has 0 atom stereocenters. The number of imidazole rings is 1. The molecule has 2 heterocycles. The quantitative estimate of drug-likeness (QED) is 0.575. The van der Waals surface area contributed by atoms with Gasteiger partial charge in [-0.1, -0.05) is 18.2 Å². The van der Waals surface area contributed by atoms with Gasteiger partial charge in [-0.05, 0) is 47.5 Å². The van der Waals surface area contributed by atoms with E-state index in [1.54, 1.807) is 11.3 Å². The van der Waals surface area contributed by atoms with Crippen molar-refractivity contribution in [2.45, 2.75) is 13.5 Å². The summed E-state index contributed by atoms with van der Waals surface area (Å²) in [4.78, 5) is 7.70. The Balaban J connectivity index is 1.60. The Morgan fingerprint density at radius 2 is 2.10 bits per heavy atom. The van der Waals surface area contributed by atoms with Crippen LogP contribution in [-0.2, 0) is 6.54 Å². The van der Waals surface area contributed by atoms with Gasteiger partial charge in [-0.3, -0.25) is 0 Å². The van der Waals surface area contributed by atoms with Crippen molar-refractivity contribution < 1.29 is 0 Å². The highest BCUT2D eigenvalue weighted by Gasteiger charge is 2.04. The Hall–Kier alpha value is -2.33. The van der Waals surface area contributed by atoms with Gasteiger partial charge >= 0.3 is 0 Å². The first-order chi connectivity index (χ1) is 10.3. The van der Waals surface area contributed by atoms with E-state index in [1.807, 2.05) is 13.0 Å². The number of aromatic nitrogens is 2. The summed E-state index contributed by atoms with van der Waals surface area (Å²) in [6.07, 6.45) is 0. The summed E-state index contributed by atoms with van der Waals surface area (Å²) in [5, 5.41) is 7.07. The van der Waals surface area contributed by atoms with Crippen LogP contribution in [0.5, 0.6) is 0 Å². The molecular weight excluding hydrogens is 278 g/mol. The van der Waals surface area contributed by atoms with E-state index in [-0.39, 0.29) is 0 Å². The maximum Gasteiger partial charge on any atom is 0.104 e. The molecule has 0 saturated carbocycles. The molecule has 0 aliphatic carbocycles. The summed E-state index contributed by atoms with van der Waals surface area (Å²) in [6.45, 7) is 2.81. The van der Waals surface area contributed by atoms with Crippen LogP contribution in [0.1, 0.15) is 11.4 Å². The number of aryl methyl sites for hydroxylation is 1. The maximum atomic E-state index is 4.42. The first-order valence-electron chi connectivity index (χ1n) is 6.95. The first kappa shape index (κ1) is 12.4. The Bertz CT molecular complexity index is 920. The third-order valence-corrected chi connectivity index (χ3v) is 4.66. The van der Waals surface area contributed by atoms with Gasteiger partial charge < -0.3 is 10.3 Å². The number of hydrogen-bond donors (Lipinski definition) is 2. The number of hydrogen-bond acceptors (Lipinski definition) is 3. The van der Waals surface area contributed by atoms with E-state index in [0.717, 1.165) is 29.1 Å². The predicted octanol–water partition coefficient (Wildman–Crippen LogP) is 4.70. The van der Waals surface area contributed by atoms with Crippen LogP contribution in [0.4, 0.5) is 5.69 Å². The van der Waals surface area contributed by atoms with Gasteiger partial charge in [-0.2, -0.15) is 0 Å². The van der Waals surface area contributed by atoms with Crippen LogP contribution in [0.15, 0.2) is 47.8 Å². The molecule has 0 fully saturated rings. The molecule has 4 rings (SSSR count). The maximum absolute atomic E-state index is 4.42. The second-order valence-electron chi connectivity index (χ2n) is 5.16. The minimum absolute atomic E-state index is 0.836. The van der Waals surface area contributed by atoms with Gasteiger partial charge in [0.15, 0.2) is 0 Å². The van der Waals surface area contributed by atoms with Gasteiger partial charge in [0.25, 0.3) is 0 Å². The largest absolute Gasteiger partial charge is 0.381 e. The Morgan fingerprint density at radius 3 is 3.05 bits per heavy atom. The monoisotopic (exact) mass is 293 g/mol. The van der Waals surface area contributed by atoms with Gasteiger partial charge in [0, 0.05) is 16.9 Å². The van der Waals surface area contributed by atoms with Crippen molar-refractivity contribution in [3.05, 3.63) is 59.2 Å². The van der Waals surface area contributed by atoms with Crippen LogP contribution < -0.4 is 5.32 Å². The Morgan fingerprint density at radius 1 is 1.19 bits per heavy atom. The lowest BCUT2D eigenvalue weighted by Gasteiger charge is -2.05. The summed E-state index contributed by atoms with van der Waals surface area (Å²) in [5.74, 6) is 0.950. The van der Waals surface area contributed by atoms with Crippen LogP contribution in [0, 0.1) is 6.92 Å². The van der Waals surface area contributed by atoms with Crippen molar-refractivity contribution in [3.8, 4) is 0 Å². The second-order valence-corrected chi connectivity index (χ2v) is 6.08. The molecule has 2 N–H and O–H groups in total. The summed E-state index contributed by atoms with van der Waals surface area (Å²) in [5.41, 5.74) is 4.55. The van der Waals surface area contributed by atoms with Gasteiger partial charge in [0.2, 0.25) is 0 Å². The van der Waals surface area contributed by atoms with E-state index >= 15 is 0 Å². The molecular formula is C17H15N3S. The lowest BCUT2D eigenvalue weighted by atomic mass is 10.2. The number of H-pyrrole nitrogens is 1. The summed E-state index contributed by atoms with van der Waals surface area (Å²) < 4.78 is 1.34. The van der Waals surface area contributed by atoms with Crippen LogP contribution in [0.3, 0.4) is 0 Å². The van der Waals surface area contributed by atoms with Crippen LogP contribution in [0.2, 0.25) is 0 Å². The molecule has 4 aromatic rings. The van der Waals surface area contributed by atoms with Crippen LogP contribution in [-0.4, -0.2) is 9.97 Å². The highest BCUT2D eigenvalue weighted by Crippen LogP contribution is 2.26. The minimum Gasteiger partial charge on any atom is -0.381 e. The van der Waals surface area contributed by atoms with Crippen molar-refractivity contribution in [1.29, 1.82) is 0 Å². The molecule has 0 bridgehead atoms. The van der Waals surface area contributed by atoms with Crippen molar-refractivity contribution in [3.63, 3.8) is 0 Å². The molecule has 2 aromatic heterocycles. The fourth-order valence-electron chi connectivity index (χ4n) is 2.61. The van der Waals surface area contributed by atoms with Gasteiger partial charge in [0.05, 0.1) is 11.0 Å². The molecule has 0 unspecified atom stereocenters. The zero-order chi connectivity index (χ0) is 14.2. The second kappa shape index (κ2) is 4.90. The lowest BCUT2D eigenvalue weighted by molar-refractivity contribution is 1.17. The van der Waals surface area contributed by atoms with E-state index in [0.29, 0.717) is 0 Å². The van der Waals surface area contributed by atoms with Crippen molar-refractivity contribution in [1.82, 2.24) is 9.97 Å². The predicted molar refractivity (Wildman–Crippen MR) is 90.0 cm³/mol. The number of aromatic amines is 1. The van der Waals surface area contributed by atoms with Crippen LogP contribution >= 0.6 is 11.3 Å². The summed E-state index contributed by atoms with van der Waals surface area (Å²) in [7, 11) is 0. The van der Waals surface area contributed by atoms with E-state index in [1.165, 1.54) is 15.6 Å². The third-order valence-electron chi connectivity index (χ3n) is 3.64. The standard InChI is InChI=1S/C17H15N3S/c1-11-19-15-7-6-13(8-16(15)20-11)18-9-12-10-21-17-5-3-2-4-14(12)17/h2-8,10,18H,9H2,1H3,(H,19,20). The van der Waals surface area contributed by atoms with Gasteiger partial charge in [-0.25, -0.2) is 4.98 Å². The average molecular weight is 293 g/mol. The molecule has 0 spiro atoms. The molecule has 0 aliphatic rings. The molecule has 104 valence electrons. The average Bonchev–Trinajstić information content (AvgIpc) is 3.07. The smallest absolute Gasteiger partial charge is 0.104 e. The normalized spacial score (nSPS) is 11.3. The van der Waals surface area contributed by atoms with Crippen molar-refractivity contribution in [2.24, 2.45) is 0 Å². The zero-order valence-corrected chi connectivity index (χ0v) is 12.5. The zero-order valence-electron chi connectivity index (χ0n) is 11.7. The van der Waals surface area contributed by atoms with Gasteiger partial charge in [0.1, 0.15) is 5.82 Å². The number of rotatable bonds is 3. The van der Waals surface area contributed by atoms with E-state index in [2.05, 4.69) is 57.1 Å². The Labute approximate surface area is 126 Å². The molecule has 4 heteroatoms. The molecule has 0 radical (unpaired) electrons. The fourth-order valence-corrected chi connectivity index (χ4v) is 3.58. The highest BCUT2D eigenvalue weighted by molar-refractivity contribution is 7.17. The molecule has 0 aliphatic heterocycles.